The van der Waals surface area contributed by atoms with Gasteiger partial charge in [-0.05, 0) is 24.6 Å². The second-order valence-electron chi connectivity index (χ2n) is 4.32. The molecule has 1 aromatic heterocycles. The molecule has 0 aliphatic heterocycles. The first-order valence-corrected chi connectivity index (χ1v) is 8.05. The number of hydrogen-bond acceptors (Lipinski definition) is 3. The molecule has 0 amide bonds. The molecule has 0 fully saturated rings. The summed E-state index contributed by atoms with van der Waals surface area (Å²) in [5.74, 6) is 0.633. The topological polar surface area (TPSA) is 38.0 Å². The Bertz CT molecular complexity index is 530. The van der Waals surface area contributed by atoms with Crippen molar-refractivity contribution in [1.29, 1.82) is 0 Å². The Hall–Kier alpha value is -0.780. The van der Waals surface area contributed by atoms with Gasteiger partial charge in [0.15, 0.2) is 0 Å². The fraction of sp³-hybridized carbons (Fsp3) is 0.357. The van der Waals surface area contributed by atoms with Crippen molar-refractivity contribution >= 4 is 27.7 Å². The Morgan fingerprint density at radius 1 is 1.47 bits per heavy atom. The van der Waals surface area contributed by atoms with Crippen molar-refractivity contribution in [2.45, 2.75) is 30.9 Å². The van der Waals surface area contributed by atoms with Crippen molar-refractivity contribution in [3.63, 3.8) is 0 Å². The molecule has 1 atom stereocenters. The number of hydrogen-bond donors (Lipinski definition) is 1. The van der Waals surface area contributed by atoms with E-state index in [2.05, 4.69) is 34.0 Å². The fourth-order valence-corrected chi connectivity index (χ4v) is 3.21. The minimum absolute atomic E-state index is 0.477. The Kier molecular flexibility index (Phi) is 5.48. The molecule has 0 saturated heterocycles. The van der Waals surface area contributed by atoms with Gasteiger partial charge in [-0.25, -0.2) is 0 Å². The molecule has 0 aliphatic carbocycles. The Balaban J connectivity index is 1.91. The number of aromatic nitrogens is 2. The molecule has 1 N–H and O–H groups in total. The van der Waals surface area contributed by atoms with E-state index in [-0.39, 0.29) is 0 Å². The number of aliphatic hydroxyl groups is 1. The summed E-state index contributed by atoms with van der Waals surface area (Å²) in [7, 11) is 0. The molecular formula is C14H17BrN2OS. The highest BCUT2D eigenvalue weighted by Gasteiger charge is 2.10. The Morgan fingerprint density at radius 2 is 2.32 bits per heavy atom. The normalized spacial score (nSPS) is 12.6. The van der Waals surface area contributed by atoms with E-state index in [1.54, 1.807) is 18.0 Å². The van der Waals surface area contributed by atoms with Gasteiger partial charge in [0.2, 0.25) is 0 Å². The molecule has 2 aromatic rings. The average molecular weight is 341 g/mol. The molecular weight excluding hydrogens is 324 g/mol. The van der Waals surface area contributed by atoms with E-state index in [4.69, 9.17) is 0 Å². The third kappa shape index (κ3) is 4.37. The first-order valence-electron chi connectivity index (χ1n) is 6.28. The third-order valence-electron chi connectivity index (χ3n) is 2.69. The van der Waals surface area contributed by atoms with E-state index >= 15 is 0 Å². The molecule has 102 valence electrons. The zero-order valence-corrected chi connectivity index (χ0v) is 13.2. The molecule has 0 radical (unpaired) electrons. The van der Waals surface area contributed by atoms with Gasteiger partial charge in [-0.1, -0.05) is 28.9 Å². The van der Waals surface area contributed by atoms with Crippen molar-refractivity contribution in [2.75, 3.05) is 5.75 Å². The van der Waals surface area contributed by atoms with Crippen LogP contribution >= 0.6 is 27.7 Å². The van der Waals surface area contributed by atoms with E-state index in [0.717, 1.165) is 27.9 Å². The molecule has 1 aromatic carbocycles. The standard InChI is InChI=1S/C14H17BrN2OS/c1-2-6-17-9-11(8-16-17)14(18)10-19-13-5-3-4-12(15)7-13/h3-5,7-9,14,18H,2,6,10H2,1H3. The van der Waals surface area contributed by atoms with Crippen molar-refractivity contribution in [1.82, 2.24) is 9.78 Å². The number of thioether (sulfide) groups is 1. The second-order valence-corrected chi connectivity index (χ2v) is 6.33. The van der Waals surface area contributed by atoms with Gasteiger partial charge in [0, 0.05) is 33.4 Å². The molecule has 0 spiro atoms. The summed E-state index contributed by atoms with van der Waals surface area (Å²) in [4.78, 5) is 1.15. The summed E-state index contributed by atoms with van der Waals surface area (Å²) < 4.78 is 2.94. The number of halogens is 1. The Morgan fingerprint density at radius 3 is 3.05 bits per heavy atom. The van der Waals surface area contributed by atoms with E-state index < -0.39 is 6.10 Å². The van der Waals surface area contributed by atoms with E-state index in [1.807, 2.05) is 29.1 Å². The molecule has 19 heavy (non-hydrogen) atoms. The number of aliphatic hydroxyl groups excluding tert-OH is 1. The van der Waals surface area contributed by atoms with Crippen LogP contribution in [0.25, 0.3) is 0 Å². The van der Waals surface area contributed by atoms with Crippen LogP contribution in [0.4, 0.5) is 0 Å². The first-order chi connectivity index (χ1) is 9.19. The maximum atomic E-state index is 10.1. The molecule has 1 heterocycles. The lowest BCUT2D eigenvalue weighted by Crippen LogP contribution is -2.00. The zero-order valence-electron chi connectivity index (χ0n) is 10.8. The van der Waals surface area contributed by atoms with Crippen LogP contribution in [-0.2, 0) is 6.54 Å². The summed E-state index contributed by atoms with van der Waals surface area (Å²) >= 11 is 5.09. The molecule has 0 bridgehead atoms. The second kappa shape index (κ2) is 7.12. The van der Waals surface area contributed by atoms with Crippen LogP contribution < -0.4 is 0 Å². The van der Waals surface area contributed by atoms with Gasteiger partial charge in [-0.2, -0.15) is 5.10 Å². The van der Waals surface area contributed by atoms with Crippen LogP contribution in [0.15, 0.2) is 46.0 Å². The van der Waals surface area contributed by atoms with E-state index in [0.29, 0.717) is 5.75 Å². The summed E-state index contributed by atoms with van der Waals surface area (Å²) in [5, 5.41) is 14.4. The van der Waals surface area contributed by atoms with Crippen LogP contribution in [0.5, 0.6) is 0 Å². The SMILES string of the molecule is CCCn1cc(C(O)CSc2cccc(Br)c2)cn1. The van der Waals surface area contributed by atoms with Crippen molar-refractivity contribution in [3.8, 4) is 0 Å². The lowest BCUT2D eigenvalue weighted by Gasteiger charge is -2.08. The zero-order chi connectivity index (χ0) is 13.7. The van der Waals surface area contributed by atoms with Gasteiger partial charge >= 0.3 is 0 Å². The molecule has 1 unspecified atom stereocenters. The summed E-state index contributed by atoms with van der Waals surface area (Å²) in [6.45, 7) is 3.01. The predicted octanol–water partition coefficient (Wildman–Crippen LogP) is 3.88. The van der Waals surface area contributed by atoms with Crippen molar-refractivity contribution < 1.29 is 5.11 Å². The predicted molar refractivity (Wildman–Crippen MR) is 82.3 cm³/mol. The van der Waals surface area contributed by atoms with Crippen LogP contribution in [0.1, 0.15) is 25.0 Å². The van der Waals surface area contributed by atoms with Gasteiger partial charge < -0.3 is 5.11 Å². The molecule has 3 nitrogen and oxygen atoms in total. The van der Waals surface area contributed by atoms with Gasteiger partial charge in [-0.15, -0.1) is 11.8 Å². The number of aryl methyl sites for hydroxylation is 1. The maximum Gasteiger partial charge on any atom is 0.0914 e. The highest BCUT2D eigenvalue weighted by molar-refractivity contribution is 9.10. The van der Waals surface area contributed by atoms with Crippen molar-refractivity contribution in [3.05, 3.63) is 46.7 Å². The third-order valence-corrected chi connectivity index (χ3v) is 4.26. The Labute approximate surface area is 126 Å². The summed E-state index contributed by atoms with van der Waals surface area (Å²) in [6.07, 6.45) is 4.25. The van der Waals surface area contributed by atoms with Crippen LogP contribution in [0.2, 0.25) is 0 Å². The number of benzene rings is 1. The van der Waals surface area contributed by atoms with E-state index in [1.165, 1.54) is 0 Å². The minimum atomic E-state index is -0.477. The highest BCUT2D eigenvalue weighted by Crippen LogP contribution is 2.26. The summed E-state index contributed by atoms with van der Waals surface area (Å²) in [6, 6.07) is 8.09. The van der Waals surface area contributed by atoms with Gasteiger partial charge in [0.25, 0.3) is 0 Å². The minimum Gasteiger partial charge on any atom is -0.387 e. The van der Waals surface area contributed by atoms with Crippen LogP contribution in [0, 0.1) is 0 Å². The lowest BCUT2D eigenvalue weighted by molar-refractivity contribution is 0.204. The molecule has 5 heteroatoms. The molecule has 2 rings (SSSR count). The van der Waals surface area contributed by atoms with Crippen LogP contribution in [-0.4, -0.2) is 20.6 Å². The smallest absolute Gasteiger partial charge is 0.0914 e. The number of rotatable bonds is 6. The quantitative estimate of drug-likeness (QED) is 0.811. The highest BCUT2D eigenvalue weighted by atomic mass is 79.9. The van der Waals surface area contributed by atoms with Gasteiger partial charge in [-0.3, -0.25) is 4.68 Å². The fourth-order valence-electron chi connectivity index (χ4n) is 1.73. The molecule has 0 saturated carbocycles. The van der Waals surface area contributed by atoms with E-state index in [9.17, 15) is 5.11 Å². The maximum absolute atomic E-state index is 10.1. The average Bonchev–Trinajstić information content (AvgIpc) is 2.85. The summed E-state index contributed by atoms with van der Waals surface area (Å²) in [5.41, 5.74) is 0.885. The number of nitrogens with zero attached hydrogens (tertiary/aromatic N) is 2. The van der Waals surface area contributed by atoms with Crippen LogP contribution in [0.3, 0.4) is 0 Å². The van der Waals surface area contributed by atoms with Gasteiger partial charge in [0.05, 0.1) is 12.3 Å². The van der Waals surface area contributed by atoms with Crippen molar-refractivity contribution in [2.24, 2.45) is 0 Å². The largest absolute Gasteiger partial charge is 0.387 e. The lowest BCUT2D eigenvalue weighted by atomic mass is 10.2. The monoisotopic (exact) mass is 340 g/mol. The van der Waals surface area contributed by atoms with Gasteiger partial charge in [0.1, 0.15) is 0 Å². The first kappa shape index (κ1) is 14.6. The molecule has 0 aliphatic rings.